The Morgan fingerprint density at radius 1 is 1.00 bits per heavy atom. The van der Waals surface area contributed by atoms with Crippen molar-refractivity contribution < 1.29 is 14.4 Å². The predicted octanol–water partition coefficient (Wildman–Crippen LogP) is 1.51. The van der Waals surface area contributed by atoms with Gasteiger partial charge in [0.05, 0.1) is 0 Å². The molecule has 0 aromatic rings. The molecule has 1 heterocycles. The molecule has 0 aromatic carbocycles. The summed E-state index contributed by atoms with van der Waals surface area (Å²) in [6, 6.07) is -0.528. The summed E-state index contributed by atoms with van der Waals surface area (Å²) < 4.78 is 0. The molecular formula is C16H24N2O3. The molecular weight excluding hydrogens is 268 g/mol. The van der Waals surface area contributed by atoms with Crippen LogP contribution >= 0.6 is 0 Å². The third kappa shape index (κ3) is 3.27. The van der Waals surface area contributed by atoms with Gasteiger partial charge in [-0.15, -0.1) is 0 Å². The van der Waals surface area contributed by atoms with E-state index in [2.05, 4.69) is 10.6 Å². The van der Waals surface area contributed by atoms with Crippen molar-refractivity contribution in [2.24, 2.45) is 17.8 Å². The third-order valence-corrected chi connectivity index (χ3v) is 5.47. The molecule has 21 heavy (non-hydrogen) atoms. The number of carbonyl (C=O) groups is 3. The van der Waals surface area contributed by atoms with Crippen LogP contribution in [-0.2, 0) is 14.4 Å². The van der Waals surface area contributed by atoms with Crippen LogP contribution in [0.15, 0.2) is 0 Å². The van der Waals surface area contributed by atoms with Crippen molar-refractivity contribution in [3.05, 3.63) is 0 Å². The van der Waals surface area contributed by atoms with E-state index in [1.807, 2.05) is 0 Å². The van der Waals surface area contributed by atoms with Gasteiger partial charge in [-0.05, 0) is 37.5 Å². The van der Waals surface area contributed by atoms with Gasteiger partial charge in [-0.3, -0.25) is 19.7 Å². The summed E-state index contributed by atoms with van der Waals surface area (Å²) in [6.07, 6.45) is 9.03. The minimum atomic E-state index is -0.528. The molecule has 4 unspecified atom stereocenters. The van der Waals surface area contributed by atoms with Gasteiger partial charge in [-0.1, -0.05) is 25.7 Å². The number of fused-ring (bicyclic) bond motifs is 1. The highest BCUT2D eigenvalue weighted by Gasteiger charge is 2.36. The van der Waals surface area contributed by atoms with Gasteiger partial charge in [0.2, 0.25) is 17.7 Å². The summed E-state index contributed by atoms with van der Waals surface area (Å²) in [5.41, 5.74) is 0. The summed E-state index contributed by atoms with van der Waals surface area (Å²) in [5, 5.41) is 5.14. The summed E-state index contributed by atoms with van der Waals surface area (Å²) in [4.78, 5) is 35.2. The highest BCUT2D eigenvalue weighted by Crippen LogP contribution is 2.42. The van der Waals surface area contributed by atoms with Gasteiger partial charge < -0.3 is 5.32 Å². The zero-order chi connectivity index (χ0) is 14.8. The molecule has 0 spiro atoms. The van der Waals surface area contributed by atoms with Crippen LogP contribution in [0.4, 0.5) is 0 Å². The van der Waals surface area contributed by atoms with Gasteiger partial charge in [0.25, 0.3) is 0 Å². The number of amides is 3. The molecule has 0 radical (unpaired) electrons. The van der Waals surface area contributed by atoms with E-state index in [4.69, 9.17) is 0 Å². The van der Waals surface area contributed by atoms with Crippen LogP contribution in [0.25, 0.3) is 0 Å². The standard InChI is InChI=1S/C16H24N2O3/c19-14-8-7-13(16(21)18-14)17-15(20)12-6-5-10-3-1-2-4-11(10)9-12/h10-13H,1-9H2,(H,17,20)(H,18,19,21). The van der Waals surface area contributed by atoms with E-state index in [1.54, 1.807) is 0 Å². The van der Waals surface area contributed by atoms with Crippen LogP contribution in [0.1, 0.15) is 57.8 Å². The minimum Gasteiger partial charge on any atom is -0.344 e. The largest absolute Gasteiger partial charge is 0.344 e. The highest BCUT2D eigenvalue weighted by atomic mass is 16.2. The second kappa shape index (κ2) is 6.16. The minimum absolute atomic E-state index is 0.00789. The molecule has 1 saturated heterocycles. The van der Waals surface area contributed by atoms with Crippen LogP contribution in [0, 0.1) is 17.8 Å². The second-order valence-electron chi connectivity index (χ2n) is 6.83. The molecule has 0 bridgehead atoms. The third-order valence-electron chi connectivity index (χ3n) is 5.47. The van der Waals surface area contributed by atoms with Crippen LogP contribution in [0.5, 0.6) is 0 Å². The molecule has 1 aliphatic heterocycles. The summed E-state index contributed by atoms with van der Waals surface area (Å²) in [7, 11) is 0. The van der Waals surface area contributed by atoms with E-state index in [1.165, 1.54) is 25.7 Å². The Labute approximate surface area is 125 Å². The molecule has 2 N–H and O–H groups in total. The molecule has 116 valence electrons. The average molecular weight is 292 g/mol. The number of nitrogens with one attached hydrogen (secondary N) is 2. The highest BCUT2D eigenvalue weighted by molar-refractivity contribution is 6.01. The zero-order valence-electron chi connectivity index (χ0n) is 12.4. The Morgan fingerprint density at radius 3 is 2.52 bits per heavy atom. The quantitative estimate of drug-likeness (QED) is 0.758. The first-order chi connectivity index (χ1) is 10.1. The molecule has 4 atom stereocenters. The Kier molecular flexibility index (Phi) is 4.27. The molecule has 3 rings (SSSR count). The van der Waals surface area contributed by atoms with Gasteiger partial charge in [0.1, 0.15) is 6.04 Å². The van der Waals surface area contributed by atoms with Crippen LogP contribution < -0.4 is 10.6 Å². The Hall–Kier alpha value is -1.39. The fraction of sp³-hybridized carbons (Fsp3) is 0.812. The van der Waals surface area contributed by atoms with Crippen LogP contribution in [-0.4, -0.2) is 23.8 Å². The van der Waals surface area contributed by atoms with Crippen LogP contribution in [0.3, 0.4) is 0 Å². The number of piperidine rings is 1. The van der Waals surface area contributed by atoms with E-state index in [0.717, 1.165) is 25.2 Å². The Bertz CT molecular complexity index is 449. The number of imide groups is 1. The van der Waals surface area contributed by atoms with E-state index in [9.17, 15) is 14.4 Å². The number of rotatable bonds is 2. The topological polar surface area (TPSA) is 75.3 Å². The van der Waals surface area contributed by atoms with Gasteiger partial charge in [0.15, 0.2) is 0 Å². The van der Waals surface area contributed by atoms with Gasteiger partial charge in [0, 0.05) is 12.3 Å². The Morgan fingerprint density at radius 2 is 1.76 bits per heavy atom. The average Bonchev–Trinajstić information content (AvgIpc) is 2.49. The molecule has 3 aliphatic rings. The lowest BCUT2D eigenvalue weighted by Gasteiger charge is -2.39. The fourth-order valence-electron chi connectivity index (χ4n) is 4.23. The number of hydrogen-bond donors (Lipinski definition) is 2. The molecule has 2 saturated carbocycles. The van der Waals surface area contributed by atoms with E-state index < -0.39 is 6.04 Å². The molecule has 5 heteroatoms. The van der Waals surface area contributed by atoms with Crippen LogP contribution in [0.2, 0.25) is 0 Å². The maximum Gasteiger partial charge on any atom is 0.249 e. The van der Waals surface area contributed by atoms with Crippen molar-refractivity contribution in [3.63, 3.8) is 0 Å². The molecule has 0 aromatic heterocycles. The maximum atomic E-state index is 12.4. The number of carbonyl (C=O) groups excluding carboxylic acids is 3. The first kappa shape index (κ1) is 14.5. The lowest BCUT2D eigenvalue weighted by Crippen LogP contribution is -2.53. The van der Waals surface area contributed by atoms with Gasteiger partial charge in [-0.2, -0.15) is 0 Å². The first-order valence-electron chi connectivity index (χ1n) is 8.27. The van der Waals surface area contributed by atoms with Crippen molar-refractivity contribution in [2.75, 3.05) is 0 Å². The first-order valence-corrected chi connectivity index (χ1v) is 8.27. The van der Waals surface area contributed by atoms with Gasteiger partial charge in [-0.25, -0.2) is 0 Å². The van der Waals surface area contributed by atoms with Crippen molar-refractivity contribution in [1.29, 1.82) is 0 Å². The molecule has 5 nitrogen and oxygen atoms in total. The predicted molar refractivity (Wildman–Crippen MR) is 77.1 cm³/mol. The summed E-state index contributed by atoms with van der Waals surface area (Å²) in [5.74, 6) is 0.978. The zero-order valence-corrected chi connectivity index (χ0v) is 12.4. The monoisotopic (exact) mass is 292 g/mol. The SMILES string of the molecule is O=C1CCC(NC(=O)C2CCC3CCCCC3C2)C(=O)N1. The smallest absolute Gasteiger partial charge is 0.249 e. The maximum absolute atomic E-state index is 12.4. The van der Waals surface area contributed by atoms with E-state index >= 15 is 0 Å². The van der Waals surface area contributed by atoms with Crippen molar-refractivity contribution >= 4 is 17.7 Å². The second-order valence-corrected chi connectivity index (χ2v) is 6.83. The summed E-state index contributed by atoms with van der Waals surface area (Å²) in [6.45, 7) is 0. The molecule has 2 aliphatic carbocycles. The van der Waals surface area contributed by atoms with E-state index in [0.29, 0.717) is 18.8 Å². The number of hydrogen-bond acceptors (Lipinski definition) is 3. The van der Waals surface area contributed by atoms with E-state index in [-0.39, 0.29) is 23.6 Å². The van der Waals surface area contributed by atoms with Crippen molar-refractivity contribution in [3.8, 4) is 0 Å². The normalized spacial score (nSPS) is 36.6. The lowest BCUT2D eigenvalue weighted by molar-refractivity contribution is -0.138. The lowest BCUT2D eigenvalue weighted by atomic mass is 9.67. The van der Waals surface area contributed by atoms with Crippen molar-refractivity contribution in [2.45, 2.75) is 63.8 Å². The van der Waals surface area contributed by atoms with Crippen molar-refractivity contribution in [1.82, 2.24) is 10.6 Å². The Balaban J connectivity index is 1.53. The molecule has 3 fully saturated rings. The van der Waals surface area contributed by atoms with Gasteiger partial charge >= 0.3 is 0 Å². The summed E-state index contributed by atoms with van der Waals surface area (Å²) >= 11 is 0. The fourth-order valence-corrected chi connectivity index (χ4v) is 4.23. The molecule has 3 amide bonds.